The molecule has 1 aromatic carbocycles. The largest absolute Gasteiger partial charge is 0.370 e. The molecule has 6 nitrogen and oxygen atoms in total. The summed E-state index contributed by atoms with van der Waals surface area (Å²) in [6.07, 6.45) is 6.63. The van der Waals surface area contributed by atoms with Gasteiger partial charge in [0.25, 0.3) is 0 Å². The molecule has 3 heterocycles. The lowest BCUT2D eigenvalue weighted by atomic mass is 9.74. The van der Waals surface area contributed by atoms with Gasteiger partial charge in [0.2, 0.25) is 11.8 Å². The highest BCUT2D eigenvalue weighted by atomic mass is 35.5. The summed E-state index contributed by atoms with van der Waals surface area (Å²) in [5.41, 5.74) is 12.7. The molecule has 0 unspecified atom stereocenters. The van der Waals surface area contributed by atoms with Crippen molar-refractivity contribution in [3.63, 3.8) is 0 Å². The van der Waals surface area contributed by atoms with Crippen LogP contribution in [0.1, 0.15) is 44.1 Å². The summed E-state index contributed by atoms with van der Waals surface area (Å²) in [4.78, 5) is 28.6. The molecule has 0 aliphatic carbocycles. The van der Waals surface area contributed by atoms with E-state index in [1.54, 1.807) is 0 Å². The van der Waals surface area contributed by atoms with Gasteiger partial charge >= 0.3 is 0 Å². The molecule has 4 rings (SSSR count). The number of halogens is 2. The summed E-state index contributed by atoms with van der Waals surface area (Å²) >= 11 is 0. The zero-order chi connectivity index (χ0) is 20.4. The number of piperidine rings is 3. The van der Waals surface area contributed by atoms with Crippen molar-refractivity contribution in [2.24, 2.45) is 23.3 Å². The number of primary amides is 1. The van der Waals surface area contributed by atoms with Gasteiger partial charge in [0.1, 0.15) is 0 Å². The lowest BCUT2D eigenvalue weighted by Crippen LogP contribution is -2.63. The Morgan fingerprint density at radius 1 is 1.06 bits per heavy atom. The van der Waals surface area contributed by atoms with Crippen molar-refractivity contribution < 1.29 is 9.59 Å². The minimum Gasteiger partial charge on any atom is -0.370 e. The molecule has 0 radical (unpaired) electrons. The first-order valence-corrected chi connectivity index (χ1v) is 11.1. The number of nitrogens with zero attached hydrogens (tertiary/aromatic N) is 2. The maximum absolute atomic E-state index is 12.8. The second-order valence-electron chi connectivity index (χ2n) is 9.26. The van der Waals surface area contributed by atoms with E-state index in [0.29, 0.717) is 30.3 Å². The van der Waals surface area contributed by atoms with Crippen molar-refractivity contribution in [3.8, 4) is 0 Å². The molecule has 3 saturated heterocycles. The first kappa shape index (κ1) is 25.9. The van der Waals surface area contributed by atoms with Gasteiger partial charge in [-0.15, -0.1) is 24.8 Å². The topological polar surface area (TPSA) is 92.7 Å². The Kier molecular flexibility index (Phi) is 9.62. The van der Waals surface area contributed by atoms with E-state index >= 15 is 0 Å². The predicted molar refractivity (Wildman–Crippen MR) is 127 cm³/mol. The van der Waals surface area contributed by atoms with Crippen LogP contribution in [0.3, 0.4) is 0 Å². The molecule has 2 bridgehead atoms. The number of rotatable bonds is 6. The molecule has 31 heavy (non-hydrogen) atoms. The number of fused-ring (bicyclic) bond motifs is 4. The van der Waals surface area contributed by atoms with Crippen LogP contribution in [0.4, 0.5) is 0 Å². The van der Waals surface area contributed by atoms with Gasteiger partial charge in [-0.2, -0.15) is 0 Å². The number of likely N-dealkylation sites (tertiary alicyclic amines) is 1. The maximum Gasteiger partial charge on any atom is 0.239 e. The molecule has 3 aliphatic heterocycles. The van der Waals surface area contributed by atoms with Gasteiger partial charge in [0, 0.05) is 38.1 Å². The Labute approximate surface area is 197 Å². The SMILES string of the molecule is Cl.Cl.NC(=O)CC[C@@H](N)C(=O)N1C[C@@H]2C[C@H](C1)[C@@H]1CCC[C@H](Cc3ccccc3)N1C2. The fourth-order valence-electron chi connectivity index (χ4n) is 5.85. The van der Waals surface area contributed by atoms with Crippen molar-refractivity contribution in [1.29, 1.82) is 0 Å². The number of hydrogen-bond donors (Lipinski definition) is 2. The van der Waals surface area contributed by atoms with Gasteiger partial charge < -0.3 is 16.4 Å². The Morgan fingerprint density at radius 3 is 2.52 bits per heavy atom. The summed E-state index contributed by atoms with van der Waals surface area (Å²) in [7, 11) is 0. The van der Waals surface area contributed by atoms with E-state index in [0.717, 1.165) is 26.1 Å². The average Bonchev–Trinajstić information content (AvgIpc) is 2.72. The molecule has 0 aromatic heterocycles. The molecule has 2 amide bonds. The van der Waals surface area contributed by atoms with E-state index < -0.39 is 11.9 Å². The summed E-state index contributed by atoms with van der Waals surface area (Å²) in [6, 6.07) is 11.4. The monoisotopic (exact) mass is 470 g/mol. The van der Waals surface area contributed by atoms with Gasteiger partial charge in [-0.05, 0) is 49.5 Å². The van der Waals surface area contributed by atoms with Crippen LogP contribution in [-0.4, -0.2) is 59.4 Å². The van der Waals surface area contributed by atoms with Crippen LogP contribution in [0.5, 0.6) is 0 Å². The van der Waals surface area contributed by atoms with Crippen LogP contribution in [-0.2, 0) is 16.0 Å². The summed E-state index contributed by atoms with van der Waals surface area (Å²) < 4.78 is 0. The molecule has 4 N–H and O–H groups in total. The highest BCUT2D eigenvalue weighted by Crippen LogP contribution is 2.40. The van der Waals surface area contributed by atoms with Crippen LogP contribution < -0.4 is 11.5 Å². The van der Waals surface area contributed by atoms with Crippen LogP contribution in [0.25, 0.3) is 0 Å². The minimum absolute atomic E-state index is 0. The van der Waals surface area contributed by atoms with Crippen molar-refractivity contribution >= 4 is 36.6 Å². The number of nitrogens with two attached hydrogens (primary N) is 2. The molecule has 3 aliphatic rings. The molecule has 8 heteroatoms. The van der Waals surface area contributed by atoms with Gasteiger partial charge in [-0.3, -0.25) is 14.5 Å². The fourth-order valence-corrected chi connectivity index (χ4v) is 5.85. The zero-order valence-electron chi connectivity index (χ0n) is 18.0. The summed E-state index contributed by atoms with van der Waals surface area (Å²) in [6.45, 7) is 2.68. The van der Waals surface area contributed by atoms with E-state index in [9.17, 15) is 9.59 Å². The van der Waals surface area contributed by atoms with Crippen molar-refractivity contribution in [3.05, 3.63) is 35.9 Å². The fraction of sp³-hybridized carbons (Fsp3) is 0.652. The summed E-state index contributed by atoms with van der Waals surface area (Å²) in [5.74, 6) is 0.652. The Bertz CT molecular complexity index is 736. The molecule has 5 atom stereocenters. The van der Waals surface area contributed by atoms with Crippen LogP contribution >= 0.6 is 24.8 Å². The molecular formula is C23H36Cl2N4O2. The number of amides is 2. The Morgan fingerprint density at radius 2 is 1.81 bits per heavy atom. The van der Waals surface area contributed by atoms with Gasteiger partial charge in [0.15, 0.2) is 0 Å². The molecule has 0 saturated carbocycles. The van der Waals surface area contributed by atoms with Crippen molar-refractivity contribution in [1.82, 2.24) is 9.80 Å². The number of hydrogen-bond acceptors (Lipinski definition) is 4. The average molecular weight is 471 g/mol. The number of benzene rings is 1. The predicted octanol–water partition coefficient (Wildman–Crippen LogP) is 2.37. The van der Waals surface area contributed by atoms with E-state index in [-0.39, 0.29) is 37.1 Å². The van der Waals surface area contributed by atoms with E-state index in [1.807, 2.05) is 4.90 Å². The zero-order valence-corrected chi connectivity index (χ0v) is 19.7. The molecule has 1 aromatic rings. The third kappa shape index (κ3) is 6.13. The third-order valence-corrected chi connectivity index (χ3v) is 7.16. The van der Waals surface area contributed by atoms with Gasteiger partial charge in [-0.1, -0.05) is 36.8 Å². The molecular weight excluding hydrogens is 435 g/mol. The maximum atomic E-state index is 12.8. The second kappa shape index (κ2) is 11.5. The van der Waals surface area contributed by atoms with Crippen LogP contribution in [0.15, 0.2) is 30.3 Å². The van der Waals surface area contributed by atoms with Crippen molar-refractivity contribution in [2.75, 3.05) is 19.6 Å². The first-order valence-electron chi connectivity index (χ1n) is 11.1. The lowest BCUT2D eigenvalue weighted by Gasteiger charge is -2.55. The quantitative estimate of drug-likeness (QED) is 0.667. The Hall–Kier alpha value is -1.34. The first-order chi connectivity index (χ1) is 14.0. The van der Waals surface area contributed by atoms with Crippen LogP contribution in [0.2, 0.25) is 0 Å². The van der Waals surface area contributed by atoms with Crippen LogP contribution in [0, 0.1) is 11.8 Å². The highest BCUT2D eigenvalue weighted by molar-refractivity contribution is 5.85. The number of carbonyl (C=O) groups is 2. The molecule has 3 fully saturated rings. The van der Waals surface area contributed by atoms with E-state index in [4.69, 9.17) is 11.5 Å². The molecule has 174 valence electrons. The number of carbonyl (C=O) groups excluding carboxylic acids is 2. The summed E-state index contributed by atoms with van der Waals surface area (Å²) in [5, 5.41) is 0. The van der Waals surface area contributed by atoms with Crippen molar-refractivity contribution in [2.45, 2.75) is 63.1 Å². The second-order valence-corrected chi connectivity index (χ2v) is 9.26. The minimum atomic E-state index is -0.616. The Balaban J connectivity index is 0.00000171. The smallest absolute Gasteiger partial charge is 0.239 e. The lowest BCUT2D eigenvalue weighted by molar-refractivity contribution is -0.140. The standard InChI is InChI=1S/C23H34N4O2.2ClH/c24-20(9-10-22(25)28)23(29)26-13-17-11-18(15-26)21-8-4-7-19(27(21)14-17)12-16-5-2-1-3-6-16;;/h1-3,5-6,17-21H,4,7-15,24H2,(H2,25,28);2*1H/t17-,18+,19+,20+,21-;;/m0../s1. The van der Waals surface area contributed by atoms with Gasteiger partial charge in [-0.25, -0.2) is 0 Å². The van der Waals surface area contributed by atoms with E-state index in [2.05, 4.69) is 35.2 Å². The highest BCUT2D eigenvalue weighted by Gasteiger charge is 2.45. The third-order valence-electron chi connectivity index (χ3n) is 7.16. The molecule has 0 spiro atoms. The van der Waals surface area contributed by atoms with Gasteiger partial charge in [0.05, 0.1) is 6.04 Å². The van der Waals surface area contributed by atoms with E-state index in [1.165, 1.54) is 31.2 Å². The normalized spacial score (nSPS) is 28.5.